The zero-order valence-corrected chi connectivity index (χ0v) is 12.9. The van der Waals surface area contributed by atoms with Gasteiger partial charge in [0.2, 0.25) is 0 Å². The highest BCUT2D eigenvalue weighted by atomic mass is 16.5. The van der Waals surface area contributed by atoms with E-state index in [2.05, 4.69) is 19.8 Å². The summed E-state index contributed by atoms with van der Waals surface area (Å²) in [6.07, 6.45) is 0.564. The third kappa shape index (κ3) is 3.49. The van der Waals surface area contributed by atoms with E-state index in [0.29, 0.717) is 6.29 Å². The first-order valence-corrected chi connectivity index (χ1v) is 6.76. The molecular weight excluding hydrogens is 316 g/mol. The fraction of sp³-hybridized carbons (Fsp3) is 0.125. The fourth-order valence-electron chi connectivity index (χ4n) is 1.98. The van der Waals surface area contributed by atoms with E-state index in [1.165, 1.54) is 44.6 Å². The van der Waals surface area contributed by atoms with Gasteiger partial charge in [0, 0.05) is 0 Å². The van der Waals surface area contributed by atoms with Crippen molar-refractivity contribution in [1.29, 1.82) is 0 Å². The van der Waals surface area contributed by atoms with Crippen molar-refractivity contribution in [2.24, 2.45) is 0 Å². The highest BCUT2D eigenvalue weighted by Gasteiger charge is 2.18. The number of amides is 1. The number of rotatable bonds is 5. The molecule has 0 fully saturated rings. The smallest absolute Gasteiger partial charge is 0.339 e. The maximum absolute atomic E-state index is 12.2. The number of ether oxygens (including phenoxy) is 2. The third-order valence-electron chi connectivity index (χ3n) is 3.17. The van der Waals surface area contributed by atoms with Crippen molar-refractivity contribution in [3.05, 3.63) is 52.8 Å². The minimum Gasteiger partial charge on any atom is -0.465 e. The minimum absolute atomic E-state index is 0.0701. The number of carbonyl (C=O) groups excluding carboxylic acids is 4. The molecule has 1 amide bonds. The molecule has 2 rings (SSSR count). The van der Waals surface area contributed by atoms with Gasteiger partial charge in [0.15, 0.2) is 6.29 Å². The Kier molecular flexibility index (Phi) is 5.10. The van der Waals surface area contributed by atoms with E-state index in [-0.39, 0.29) is 28.2 Å². The van der Waals surface area contributed by atoms with E-state index in [4.69, 9.17) is 0 Å². The molecule has 0 aliphatic rings. The summed E-state index contributed by atoms with van der Waals surface area (Å²) < 4.78 is 9.26. The van der Waals surface area contributed by atoms with Crippen LogP contribution in [-0.4, -0.2) is 43.3 Å². The molecule has 0 saturated heterocycles. The average Bonchev–Trinajstić information content (AvgIpc) is 3.09. The van der Waals surface area contributed by atoms with Gasteiger partial charge < -0.3 is 19.8 Å². The summed E-state index contributed by atoms with van der Waals surface area (Å²) in [6, 6.07) is 6.89. The lowest BCUT2D eigenvalue weighted by atomic mass is 10.1. The van der Waals surface area contributed by atoms with Crippen LogP contribution in [0.1, 0.15) is 41.7 Å². The number of aromatic amines is 1. The van der Waals surface area contributed by atoms with Gasteiger partial charge in [0.1, 0.15) is 5.69 Å². The first-order valence-electron chi connectivity index (χ1n) is 6.76. The Morgan fingerprint density at radius 3 is 2.33 bits per heavy atom. The van der Waals surface area contributed by atoms with Gasteiger partial charge in [-0.25, -0.2) is 9.59 Å². The van der Waals surface area contributed by atoms with Crippen LogP contribution in [-0.2, 0) is 9.47 Å². The monoisotopic (exact) mass is 330 g/mol. The van der Waals surface area contributed by atoms with Crippen molar-refractivity contribution < 1.29 is 28.7 Å². The minimum atomic E-state index is -0.679. The second-order valence-corrected chi connectivity index (χ2v) is 4.64. The van der Waals surface area contributed by atoms with Crippen LogP contribution in [0.25, 0.3) is 0 Å². The van der Waals surface area contributed by atoms with Crippen LogP contribution in [0.4, 0.5) is 5.69 Å². The third-order valence-corrected chi connectivity index (χ3v) is 3.17. The highest BCUT2D eigenvalue weighted by Crippen LogP contribution is 2.20. The molecule has 8 heteroatoms. The Labute approximate surface area is 136 Å². The van der Waals surface area contributed by atoms with Crippen molar-refractivity contribution in [2.75, 3.05) is 19.5 Å². The van der Waals surface area contributed by atoms with E-state index in [0.717, 1.165) is 0 Å². The number of anilines is 1. The lowest BCUT2D eigenvalue weighted by Gasteiger charge is -2.11. The lowest BCUT2D eigenvalue weighted by Crippen LogP contribution is -2.17. The molecule has 0 atom stereocenters. The molecule has 1 heterocycles. The summed E-state index contributed by atoms with van der Waals surface area (Å²) in [4.78, 5) is 48.9. The topological polar surface area (TPSA) is 115 Å². The Hall–Kier alpha value is -3.42. The summed E-state index contributed by atoms with van der Waals surface area (Å²) in [6.45, 7) is 0. The van der Waals surface area contributed by atoms with Crippen LogP contribution in [0, 0.1) is 0 Å². The molecule has 0 spiro atoms. The molecular formula is C16H14N2O6. The molecule has 0 saturated carbocycles. The first kappa shape index (κ1) is 16.9. The van der Waals surface area contributed by atoms with E-state index >= 15 is 0 Å². The van der Waals surface area contributed by atoms with E-state index in [1.54, 1.807) is 0 Å². The molecule has 0 aliphatic heterocycles. The summed E-state index contributed by atoms with van der Waals surface area (Å²) in [5.74, 6) is -1.89. The largest absolute Gasteiger partial charge is 0.465 e. The van der Waals surface area contributed by atoms with E-state index < -0.39 is 17.8 Å². The molecule has 8 nitrogen and oxygen atoms in total. The SMILES string of the molecule is COC(=O)c1ccc(C(=O)OC)c(NC(=O)c2ccc(C=O)[nH]2)c1. The second kappa shape index (κ2) is 7.23. The maximum atomic E-state index is 12.2. The number of aldehydes is 1. The van der Waals surface area contributed by atoms with Gasteiger partial charge in [-0.1, -0.05) is 0 Å². The van der Waals surface area contributed by atoms with Gasteiger partial charge >= 0.3 is 11.9 Å². The number of carbonyl (C=O) groups is 4. The number of hydrogen-bond donors (Lipinski definition) is 2. The number of aromatic nitrogens is 1. The number of esters is 2. The van der Waals surface area contributed by atoms with Crippen LogP contribution < -0.4 is 5.32 Å². The van der Waals surface area contributed by atoms with Gasteiger partial charge in [-0.2, -0.15) is 0 Å². The van der Waals surface area contributed by atoms with E-state index in [1.807, 2.05) is 0 Å². The predicted molar refractivity (Wildman–Crippen MR) is 83.3 cm³/mol. The van der Waals surface area contributed by atoms with Gasteiger partial charge in [-0.3, -0.25) is 9.59 Å². The molecule has 124 valence electrons. The van der Waals surface area contributed by atoms with Crippen molar-refractivity contribution in [1.82, 2.24) is 4.98 Å². The summed E-state index contributed by atoms with van der Waals surface area (Å²) in [5.41, 5.74) is 0.659. The van der Waals surface area contributed by atoms with E-state index in [9.17, 15) is 19.2 Å². The van der Waals surface area contributed by atoms with Gasteiger partial charge in [0.05, 0.1) is 36.7 Å². The average molecular weight is 330 g/mol. The maximum Gasteiger partial charge on any atom is 0.339 e. The molecule has 0 bridgehead atoms. The van der Waals surface area contributed by atoms with Crippen molar-refractivity contribution in [3.63, 3.8) is 0 Å². The van der Waals surface area contributed by atoms with Crippen LogP contribution in [0.15, 0.2) is 30.3 Å². The number of hydrogen-bond acceptors (Lipinski definition) is 6. The molecule has 2 N–H and O–H groups in total. The molecule has 2 aromatic rings. The van der Waals surface area contributed by atoms with Crippen molar-refractivity contribution in [2.45, 2.75) is 0 Å². The number of methoxy groups -OCH3 is 2. The normalized spacial score (nSPS) is 9.92. The molecule has 24 heavy (non-hydrogen) atoms. The molecule has 0 unspecified atom stereocenters. The Morgan fingerprint density at radius 1 is 1.04 bits per heavy atom. The summed E-state index contributed by atoms with van der Waals surface area (Å²) in [7, 11) is 2.41. The fourth-order valence-corrected chi connectivity index (χ4v) is 1.98. The molecule has 1 aromatic carbocycles. The van der Waals surface area contributed by atoms with Crippen molar-refractivity contribution >= 4 is 29.8 Å². The van der Waals surface area contributed by atoms with Gasteiger partial charge in [0.25, 0.3) is 5.91 Å². The standard InChI is InChI=1S/C16H14N2O6/c1-23-15(21)9-3-5-11(16(22)24-2)13(7-9)18-14(20)12-6-4-10(8-19)17-12/h3-8,17H,1-2H3,(H,18,20). The Morgan fingerprint density at radius 2 is 1.75 bits per heavy atom. The van der Waals surface area contributed by atoms with Crippen LogP contribution in [0.5, 0.6) is 0 Å². The zero-order chi connectivity index (χ0) is 17.7. The van der Waals surface area contributed by atoms with Gasteiger partial charge in [-0.05, 0) is 30.3 Å². The Balaban J connectivity index is 2.37. The van der Waals surface area contributed by atoms with Gasteiger partial charge in [-0.15, -0.1) is 0 Å². The molecule has 0 radical (unpaired) electrons. The van der Waals surface area contributed by atoms with Crippen LogP contribution >= 0.6 is 0 Å². The summed E-state index contributed by atoms with van der Waals surface area (Å²) in [5, 5.41) is 2.50. The lowest BCUT2D eigenvalue weighted by molar-refractivity contribution is 0.0587. The highest BCUT2D eigenvalue weighted by molar-refractivity contribution is 6.08. The summed E-state index contributed by atoms with van der Waals surface area (Å²) >= 11 is 0. The Bertz CT molecular complexity index is 809. The molecule has 1 aromatic heterocycles. The predicted octanol–water partition coefficient (Wildman–Crippen LogP) is 1.65. The van der Waals surface area contributed by atoms with Crippen LogP contribution in [0.3, 0.4) is 0 Å². The first-order chi connectivity index (χ1) is 11.5. The van der Waals surface area contributed by atoms with Crippen LogP contribution in [0.2, 0.25) is 0 Å². The molecule has 0 aliphatic carbocycles. The van der Waals surface area contributed by atoms with Crippen molar-refractivity contribution in [3.8, 4) is 0 Å². The number of nitrogens with one attached hydrogen (secondary N) is 2. The number of benzene rings is 1. The quantitative estimate of drug-likeness (QED) is 0.636. The zero-order valence-electron chi connectivity index (χ0n) is 12.9. The second-order valence-electron chi connectivity index (χ2n) is 4.64. The number of H-pyrrole nitrogens is 1.